The van der Waals surface area contributed by atoms with E-state index in [1.165, 1.54) is 11.3 Å². The molecule has 3 rings (SSSR count). The van der Waals surface area contributed by atoms with Crippen LogP contribution in [0.1, 0.15) is 41.1 Å². The lowest BCUT2D eigenvalue weighted by molar-refractivity contribution is -0.121. The first kappa shape index (κ1) is 20.8. The maximum atomic E-state index is 12.3. The third-order valence-electron chi connectivity index (χ3n) is 5.31. The molecule has 0 unspecified atom stereocenters. The molecule has 0 radical (unpaired) electrons. The van der Waals surface area contributed by atoms with E-state index in [0.29, 0.717) is 19.4 Å². The number of benzene rings is 1. The Balaban J connectivity index is 1.46. The number of aryl methyl sites for hydroxylation is 4. The molecule has 1 aromatic carbocycles. The average molecular weight is 394 g/mol. The molecule has 0 aliphatic carbocycles. The van der Waals surface area contributed by atoms with Gasteiger partial charge in [0.05, 0.1) is 5.69 Å². The number of rotatable bonds is 8. The maximum absolute atomic E-state index is 12.3. The molecule has 1 amide bonds. The summed E-state index contributed by atoms with van der Waals surface area (Å²) in [6.45, 7) is 6.71. The molecule has 0 spiro atoms. The van der Waals surface area contributed by atoms with Crippen LogP contribution in [0.4, 0.5) is 5.69 Å². The minimum absolute atomic E-state index is 0.0866. The molecule has 2 aromatic heterocycles. The zero-order valence-corrected chi connectivity index (χ0v) is 18.1. The second-order valence-electron chi connectivity index (χ2n) is 7.83. The van der Waals surface area contributed by atoms with Crippen molar-refractivity contribution in [3.8, 4) is 0 Å². The summed E-state index contributed by atoms with van der Waals surface area (Å²) in [5.41, 5.74) is 7.46. The monoisotopic (exact) mass is 393 g/mol. The van der Waals surface area contributed by atoms with Crippen LogP contribution < -0.4 is 10.2 Å². The summed E-state index contributed by atoms with van der Waals surface area (Å²) >= 11 is 0. The van der Waals surface area contributed by atoms with Crippen molar-refractivity contribution >= 4 is 17.2 Å². The summed E-state index contributed by atoms with van der Waals surface area (Å²) < 4.78 is 1.87. The van der Waals surface area contributed by atoms with E-state index in [9.17, 15) is 4.79 Å². The van der Waals surface area contributed by atoms with E-state index < -0.39 is 0 Å². The first-order valence-corrected chi connectivity index (χ1v) is 10.2. The maximum Gasteiger partial charge on any atom is 0.220 e. The van der Waals surface area contributed by atoms with E-state index in [-0.39, 0.29) is 5.91 Å². The third kappa shape index (κ3) is 5.13. The number of aromatic nitrogens is 3. The van der Waals surface area contributed by atoms with Crippen LogP contribution in [0.15, 0.2) is 30.3 Å². The Labute approximate surface area is 172 Å². The number of amides is 1. The molecule has 0 bridgehead atoms. The fourth-order valence-corrected chi connectivity index (χ4v) is 3.61. The Bertz CT molecular complexity index is 989. The van der Waals surface area contributed by atoms with E-state index in [4.69, 9.17) is 0 Å². The van der Waals surface area contributed by atoms with E-state index in [0.717, 1.165) is 41.1 Å². The Kier molecular flexibility index (Phi) is 6.52. The highest BCUT2D eigenvalue weighted by atomic mass is 16.1. The quantitative estimate of drug-likeness (QED) is 0.596. The molecule has 2 heterocycles. The Morgan fingerprint density at radius 1 is 1.10 bits per heavy atom. The van der Waals surface area contributed by atoms with Crippen LogP contribution in [-0.4, -0.2) is 41.1 Å². The third-order valence-corrected chi connectivity index (χ3v) is 5.31. The van der Waals surface area contributed by atoms with E-state index in [1.54, 1.807) is 0 Å². The number of fused-ring (bicyclic) bond motifs is 1. The molecular formula is C23H31N5O. The zero-order chi connectivity index (χ0) is 21.0. The van der Waals surface area contributed by atoms with Gasteiger partial charge in [-0.15, -0.1) is 0 Å². The summed E-state index contributed by atoms with van der Waals surface area (Å²) in [6, 6.07) is 10.5. The van der Waals surface area contributed by atoms with Gasteiger partial charge < -0.3 is 10.2 Å². The molecule has 154 valence electrons. The molecule has 1 N–H and O–H groups in total. The number of nitrogens with one attached hydrogen (secondary N) is 1. The SMILES string of the molecule is Cc1cc2nc(C)c(CCC(=O)NCCCc3ccc(N(C)C)cc3)c(C)n2n1. The van der Waals surface area contributed by atoms with Crippen molar-refractivity contribution in [2.75, 3.05) is 25.5 Å². The minimum Gasteiger partial charge on any atom is -0.378 e. The van der Waals surface area contributed by atoms with Gasteiger partial charge in [-0.25, -0.2) is 9.50 Å². The Hall–Kier alpha value is -2.89. The fourth-order valence-electron chi connectivity index (χ4n) is 3.61. The average Bonchev–Trinajstić information content (AvgIpc) is 3.05. The van der Waals surface area contributed by atoms with Crippen LogP contribution in [0, 0.1) is 20.8 Å². The number of hydrogen-bond acceptors (Lipinski definition) is 4. The van der Waals surface area contributed by atoms with Crippen LogP contribution in [0.5, 0.6) is 0 Å². The first-order chi connectivity index (χ1) is 13.8. The van der Waals surface area contributed by atoms with Crippen LogP contribution in [0.3, 0.4) is 0 Å². The normalized spacial score (nSPS) is 11.1. The predicted octanol–water partition coefficient (Wildman–Crippen LogP) is 3.40. The summed E-state index contributed by atoms with van der Waals surface area (Å²) in [6.07, 6.45) is 3.04. The molecule has 6 nitrogen and oxygen atoms in total. The molecule has 3 aromatic rings. The summed E-state index contributed by atoms with van der Waals surface area (Å²) in [7, 11) is 4.08. The van der Waals surface area contributed by atoms with Crippen molar-refractivity contribution < 1.29 is 4.79 Å². The van der Waals surface area contributed by atoms with Crippen molar-refractivity contribution in [2.24, 2.45) is 0 Å². The molecule has 0 fully saturated rings. The Morgan fingerprint density at radius 3 is 2.52 bits per heavy atom. The van der Waals surface area contributed by atoms with Gasteiger partial charge in [0, 0.05) is 50.2 Å². The standard InChI is InChI=1S/C23H31N5O/c1-16-15-22-25-17(2)21(18(3)28(22)26-16)12-13-23(29)24-14-6-7-19-8-10-20(11-9-19)27(4)5/h8-11,15H,6-7,12-14H2,1-5H3,(H,24,29). The van der Waals surface area contributed by atoms with Gasteiger partial charge in [0.2, 0.25) is 5.91 Å². The fraction of sp³-hybridized carbons (Fsp3) is 0.435. The number of nitrogens with zero attached hydrogens (tertiary/aromatic N) is 4. The highest BCUT2D eigenvalue weighted by Crippen LogP contribution is 2.17. The molecule has 0 aliphatic rings. The van der Waals surface area contributed by atoms with E-state index in [2.05, 4.69) is 44.6 Å². The van der Waals surface area contributed by atoms with Crippen molar-refractivity contribution in [1.29, 1.82) is 0 Å². The number of hydrogen-bond donors (Lipinski definition) is 1. The lowest BCUT2D eigenvalue weighted by Crippen LogP contribution is -2.25. The van der Waals surface area contributed by atoms with Crippen LogP contribution in [0.25, 0.3) is 5.65 Å². The van der Waals surface area contributed by atoms with Gasteiger partial charge in [-0.05, 0) is 63.3 Å². The summed E-state index contributed by atoms with van der Waals surface area (Å²) in [5.74, 6) is 0.0866. The predicted molar refractivity (Wildman–Crippen MR) is 118 cm³/mol. The van der Waals surface area contributed by atoms with Crippen molar-refractivity contribution in [2.45, 2.75) is 46.5 Å². The van der Waals surface area contributed by atoms with Gasteiger partial charge in [0.25, 0.3) is 0 Å². The molecule has 0 atom stereocenters. The Morgan fingerprint density at radius 2 is 1.83 bits per heavy atom. The zero-order valence-electron chi connectivity index (χ0n) is 18.1. The summed E-state index contributed by atoms with van der Waals surface area (Å²) in [5, 5.41) is 7.54. The van der Waals surface area contributed by atoms with E-state index in [1.807, 2.05) is 45.4 Å². The number of anilines is 1. The van der Waals surface area contributed by atoms with Gasteiger partial charge in [0.15, 0.2) is 5.65 Å². The topological polar surface area (TPSA) is 62.5 Å². The number of carbonyl (C=O) groups excluding carboxylic acids is 1. The largest absolute Gasteiger partial charge is 0.378 e. The van der Waals surface area contributed by atoms with Crippen LogP contribution in [0.2, 0.25) is 0 Å². The molecule has 6 heteroatoms. The van der Waals surface area contributed by atoms with Gasteiger partial charge in [-0.2, -0.15) is 5.10 Å². The second kappa shape index (κ2) is 9.07. The van der Waals surface area contributed by atoms with Gasteiger partial charge in [-0.3, -0.25) is 4.79 Å². The molecule has 0 saturated carbocycles. The smallest absolute Gasteiger partial charge is 0.220 e. The molecule has 29 heavy (non-hydrogen) atoms. The first-order valence-electron chi connectivity index (χ1n) is 10.2. The molecular weight excluding hydrogens is 362 g/mol. The van der Waals surface area contributed by atoms with Gasteiger partial charge >= 0.3 is 0 Å². The lowest BCUT2D eigenvalue weighted by atomic mass is 10.1. The number of carbonyl (C=O) groups is 1. The highest BCUT2D eigenvalue weighted by Gasteiger charge is 2.12. The van der Waals surface area contributed by atoms with E-state index >= 15 is 0 Å². The van der Waals surface area contributed by atoms with Crippen molar-refractivity contribution in [3.05, 3.63) is 58.5 Å². The van der Waals surface area contributed by atoms with Crippen molar-refractivity contribution in [3.63, 3.8) is 0 Å². The molecule has 0 aliphatic heterocycles. The van der Waals surface area contributed by atoms with Gasteiger partial charge in [0.1, 0.15) is 0 Å². The van der Waals surface area contributed by atoms with Crippen molar-refractivity contribution in [1.82, 2.24) is 19.9 Å². The second-order valence-corrected chi connectivity index (χ2v) is 7.83. The summed E-state index contributed by atoms with van der Waals surface area (Å²) in [4.78, 5) is 19.0. The van der Waals surface area contributed by atoms with Gasteiger partial charge in [-0.1, -0.05) is 12.1 Å². The molecule has 0 saturated heterocycles. The van der Waals surface area contributed by atoms with Crippen LogP contribution >= 0.6 is 0 Å². The minimum atomic E-state index is 0.0866. The van der Waals surface area contributed by atoms with Crippen LogP contribution in [-0.2, 0) is 17.6 Å². The lowest BCUT2D eigenvalue weighted by Gasteiger charge is -2.13. The highest BCUT2D eigenvalue weighted by molar-refractivity contribution is 5.76.